The molecule has 2 saturated heterocycles. The van der Waals surface area contributed by atoms with E-state index in [0.717, 1.165) is 13.1 Å². The molecule has 1 amide bonds. The maximum atomic E-state index is 13.3. The zero-order chi connectivity index (χ0) is 20.5. The second kappa shape index (κ2) is 8.23. The van der Waals surface area contributed by atoms with Crippen molar-refractivity contribution in [2.24, 2.45) is 0 Å². The SMILES string of the molecule is CN1C(=O)C(=Cc2c(N3CCN(CCO)CC3)nc3ccccn3c2=O)SC1=S. The van der Waals surface area contributed by atoms with Gasteiger partial charge in [0.25, 0.3) is 11.5 Å². The number of rotatable bonds is 4. The first-order valence-electron chi connectivity index (χ1n) is 9.30. The minimum atomic E-state index is -0.218. The molecular formula is C19H21N5O3S2. The Hall–Kier alpha value is -2.27. The molecule has 1 N–H and O–H groups in total. The minimum absolute atomic E-state index is 0.125. The highest BCUT2D eigenvalue weighted by molar-refractivity contribution is 8.26. The third-order valence-electron chi connectivity index (χ3n) is 5.10. The van der Waals surface area contributed by atoms with E-state index >= 15 is 0 Å². The van der Waals surface area contributed by atoms with E-state index < -0.39 is 0 Å². The molecule has 2 aliphatic heterocycles. The average Bonchev–Trinajstić information content (AvgIpc) is 2.97. The van der Waals surface area contributed by atoms with Crippen molar-refractivity contribution in [2.75, 3.05) is 51.3 Å². The molecule has 0 saturated carbocycles. The third kappa shape index (κ3) is 3.80. The summed E-state index contributed by atoms with van der Waals surface area (Å²) in [6.07, 6.45) is 3.29. The van der Waals surface area contributed by atoms with Gasteiger partial charge in [-0.05, 0) is 18.2 Å². The number of carbonyl (C=O) groups is 1. The summed E-state index contributed by atoms with van der Waals surface area (Å²) in [4.78, 5) is 36.6. The highest BCUT2D eigenvalue weighted by Gasteiger charge is 2.30. The largest absolute Gasteiger partial charge is 0.395 e. The molecule has 29 heavy (non-hydrogen) atoms. The van der Waals surface area contributed by atoms with Crippen molar-refractivity contribution in [2.45, 2.75) is 0 Å². The number of anilines is 1. The summed E-state index contributed by atoms with van der Waals surface area (Å²) in [5.41, 5.74) is 0.730. The number of aromatic nitrogens is 2. The first-order chi connectivity index (χ1) is 14.0. The number of hydrogen-bond acceptors (Lipinski definition) is 8. The zero-order valence-electron chi connectivity index (χ0n) is 15.9. The highest BCUT2D eigenvalue weighted by Crippen LogP contribution is 2.32. The number of β-amino-alcohol motifs (C(OH)–C–C–N with tert-alkyl or cyclic N) is 1. The number of likely N-dealkylation sites (N-methyl/N-ethyl adjacent to an activating group) is 1. The molecule has 0 bridgehead atoms. The van der Waals surface area contributed by atoms with Crippen LogP contribution in [0.1, 0.15) is 5.56 Å². The van der Waals surface area contributed by atoms with E-state index in [1.165, 1.54) is 21.1 Å². The standard InChI is InChI=1S/C19H21N5O3S2/c1-21-18(27)14(29-19(21)28)12-13-16(23-8-6-22(7-9-23)10-11-25)20-15-4-2-3-5-24(15)17(13)26/h2-5,12,25H,6-11H2,1H3. The summed E-state index contributed by atoms with van der Waals surface area (Å²) >= 11 is 6.40. The molecule has 0 spiro atoms. The zero-order valence-corrected chi connectivity index (χ0v) is 17.6. The fourth-order valence-electron chi connectivity index (χ4n) is 3.46. The van der Waals surface area contributed by atoms with Crippen LogP contribution in [0.2, 0.25) is 0 Å². The highest BCUT2D eigenvalue weighted by atomic mass is 32.2. The monoisotopic (exact) mass is 431 g/mol. The van der Waals surface area contributed by atoms with E-state index in [9.17, 15) is 9.59 Å². The van der Waals surface area contributed by atoms with Gasteiger partial charge < -0.3 is 10.0 Å². The van der Waals surface area contributed by atoms with Gasteiger partial charge in [0.2, 0.25) is 0 Å². The number of pyridine rings is 1. The average molecular weight is 432 g/mol. The van der Waals surface area contributed by atoms with Gasteiger partial charge in [0.05, 0.1) is 17.1 Å². The van der Waals surface area contributed by atoms with Crippen molar-refractivity contribution < 1.29 is 9.90 Å². The fourth-order valence-corrected chi connectivity index (χ4v) is 4.62. The Morgan fingerprint density at radius 2 is 2.00 bits per heavy atom. The molecule has 2 aromatic rings. The molecule has 0 atom stereocenters. The third-order valence-corrected chi connectivity index (χ3v) is 6.58. The van der Waals surface area contributed by atoms with Crippen molar-refractivity contribution in [1.29, 1.82) is 0 Å². The number of nitrogens with zero attached hydrogens (tertiary/aromatic N) is 5. The second-order valence-corrected chi connectivity index (χ2v) is 8.55. The van der Waals surface area contributed by atoms with Crippen LogP contribution in [-0.4, -0.2) is 80.9 Å². The van der Waals surface area contributed by atoms with Crippen LogP contribution in [-0.2, 0) is 4.79 Å². The lowest BCUT2D eigenvalue weighted by atomic mass is 10.2. The summed E-state index contributed by atoms with van der Waals surface area (Å²) in [6, 6.07) is 5.41. The number of aliphatic hydroxyl groups excluding tert-OH is 1. The van der Waals surface area contributed by atoms with Gasteiger partial charge in [-0.25, -0.2) is 4.98 Å². The lowest BCUT2D eigenvalue weighted by molar-refractivity contribution is -0.121. The van der Waals surface area contributed by atoms with Crippen LogP contribution < -0.4 is 10.5 Å². The van der Waals surface area contributed by atoms with Gasteiger partial charge in [-0.2, -0.15) is 0 Å². The molecule has 8 nitrogen and oxygen atoms in total. The lowest BCUT2D eigenvalue weighted by Gasteiger charge is -2.35. The predicted molar refractivity (Wildman–Crippen MR) is 118 cm³/mol. The number of thiocarbonyl (C=S) groups is 1. The van der Waals surface area contributed by atoms with Crippen LogP contribution in [0, 0.1) is 0 Å². The molecule has 10 heteroatoms. The molecule has 0 aliphatic carbocycles. The fraction of sp³-hybridized carbons (Fsp3) is 0.368. The van der Waals surface area contributed by atoms with Gasteiger partial charge in [0, 0.05) is 46.0 Å². The van der Waals surface area contributed by atoms with Gasteiger partial charge in [0.1, 0.15) is 15.8 Å². The molecule has 2 fully saturated rings. The van der Waals surface area contributed by atoms with E-state index in [1.807, 2.05) is 6.07 Å². The van der Waals surface area contributed by atoms with Crippen LogP contribution in [0.4, 0.5) is 5.82 Å². The maximum Gasteiger partial charge on any atom is 0.267 e. The molecule has 4 heterocycles. The number of fused-ring (bicyclic) bond motifs is 1. The van der Waals surface area contributed by atoms with E-state index in [4.69, 9.17) is 22.3 Å². The summed E-state index contributed by atoms with van der Waals surface area (Å²) < 4.78 is 1.96. The molecule has 0 aromatic carbocycles. The molecule has 0 unspecified atom stereocenters. The first kappa shape index (κ1) is 20.0. The molecule has 152 valence electrons. The van der Waals surface area contributed by atoms with Crippen LogP contribution >= 0.6 is 24.0 Å². The summed E-state index contributed by atoms with van der Waals surface area (Å²) in [6.45, 7) is 3.67. The number of piperazine rings is 1. The van der Waals surface area contributed by atoms with Gasteiger partial charge >= 0.3 is 0 Å². The summed E-state index contributed by atoms with van der Waals surface area (Å²) in [5.74, 6) is 0.363. The van der Waals surface area contributed by atoms with E-state index in [0.29, 0.717) is 45.9 Å². The molecule has 4 rings (SSSR count). The number of amides is 1. The van der Waals surface area contributed by atoms with Gasteiger partial charge in [-0.15, -0.1) is 0 Å². The second-order valence-electron chi connectivity index (χ2n) is 6.88. The molecule has 2 aliphatic rings. The predicted octanol–water partition coefficient (Wildman–Crippen LogP) is 0.640. The first-order valence-corrected chi connectivity index (χ1v) is 10.5. The van der Waals surface area contributed by atoms with Crippen LogP contribution in [0.3, 0.4) is 0 Å². The van der Waals surface area contributed by atoms with Gasteiger partial charge in [-0.3, -0.25) is 23.8 Å². The van der Waals surface area contributed by atoms with Crippen molar-refractivity contribution in [3.05, 3.63) is 45.2 Å². The van der Waals surface area contributed by atoms with Crippen LogP contribution in [0.15, 0.2) is 34.1 Å². The van der Waals surface area contributed by atoms with Crippen LogP contribution in [0.25, 0.3) is 11.7 Å². The normalized spacial score (nSPS) is 19.7. The summed E-state index contributed by atoms with van der Waals surface area (Å²) in [5, 5.41) is 9.16. The van der Waals surface area contributed by atoms with E-state index in [-0.39, 0.29) is 18.1 Å². The van der Waals surface area contributed by atoms with Crippen molar-refractivity contribution in [3.8, 4) is 0 Å². The van der Waals surface area contributed by atoms with Gasteiger partial charge in [-0.1, -0.05) is 30.0 Å². The Kier molecular flexibility index (Phi) is 5.68. The molecule has 0 radical (unpaired) electrons. The molecular weight excluding hydrogens is 410 g/mol. The Morgan fingerprint density at radius 3 is 2.66 bits per heavy atom. The Morgan fingerprint density at radius 1 is 1.24 bits per heavy atom. The van der Waals surface area contributed by atoms with Crippen molar-refractivity contribution in [1.82, 2.24) is 19.2 Å². The number of carbonyl (C=O) groups excluding carboxylic acids is 1. The topological polar surface area (TPSA) is 81.4 Å². The summed E-state index contributed by atoms with van der Waals surface area (Å²) in [7, 11) is 1.63. The number of aliphatic hydroxyl groups is 1. The smallest absolute Gasteiger partial charge is 0.267 e. The number of thioether (sulfide) groups is 1. The maximum absolute atomic E-state index is 13.3. The Balaban J connectivity index is 1.79. The van der Waals surface area contributed by atoms with Crippen LogP contribution in [0.5, 0.6) is 0 Å². The van der Waals surface area contributed by atoms with Crippen molar-refractivity contribution >= 4 is 51.7 Å². The number of hydrogen-bond donors (Lipinski definition) is 1. The lowest BCUT2D eigenvalue weighted by Crippen LogP contribution is -2.48. The van der Waals surface area contributed by atoms with E-state index in [2.05, 4.69) is 9.80 Å². The minimum Gasteiger partial charge on any atom is -0.395 e. The van der Waals surface area contributed by atoms with Gasteiger partial charge in [0.15, 0.2) is 0 Å². The quantitative estimate of drug-likeness (QED) is 0.558. The van der Waals surface area contributed by atoms with E-state index in [1.54, 1.807) is 31.5 Å². The van der Waals surface area contributed by atoms with Crippen molar-refractivity contribution in [3.63, 3.8) is 0 Å². The molecule has 2 aromatic heterocycles. The Labute approximate surface area is 177 Å². The Bertz CT molecular complexity index is 1060.